The van der Waals surface area contributed by atoms with Gasteiger partial charge in [-0.15, -0.1) is 0 Å². The van der Waals surface area contributed by atoms with E-state index in [9.17, 15) is 14.4 Å². The molecule has 19 heavy (non-hydrogen) atoms. The minimum absolute atomic E-state index is 0.343. The van der Waals surface area contributed by atoms with E-state index in [0.717, 1.165) is 0 Å². The number of benzene rings is 1. The summed E-state index contributed by atoms with van der Waals surface area (Å²) in [5.41, 5.74) is 0.359. The Balaban J connectivity index is 2.30. The molecule has 7 heteroatoms. The molecule has 1 amide bonds. The molecule has 3 rings (SSSR count). The molecule has 3 N–H and O–H groups in total. The Morgan fingerprint density at radius 1 is 1.21 bits per heavy atom. The zero-order valence-electron chi connectivity index (χ0n) is 10.3. The van der Waals surface area contributed by atoms with Gasteiger partial charge in [-0.05, 0) is 19.1 Å². The largest absolute Gasteiger partial charge is 0.468 e. The van der Waals surface area contributed by atoms with Gasteiger partial charge in [0.05, 0.1) is 18.1 Å². The molecule has 0 bridgehead atoms. The number of hydrogen-bond acceptors (Lipinski definition) is 4. The van der Waals surface area contributed by atoms with E-state index in [0.29, 0.717) is 22.3 Å². The van der Waals surface area contributed by atoms with E-state index >= 15 is 0 Å². The predicted molar refractivity (Wildman–Crippen MR) is 66.9 cm³/mol. The maximum absolute atomic E-state index is 12.0. The number of anilines is 1. The van der Waals surface area contributed by atoms with E-state index in [4.69, 9.17) is 4.74 Å². The molecule has 0 radical (unpaired) electrons. The van der Waals surface area contributed by atoms with Gasteiger partial charge in [-0.1, -0.05) is 0 Å². The number of nitrogens with one attached hydrogen (secondary N) is 3. The lowest BCUT2D eigenvalue weighted by atomic mass is 9.83. The first-order chi connectivity index (χ1) is 8.96. The average Bonchev–Trinajstić information content (AvgIpc) is 2.85. The molecular weight excluding hydrogens is 250 g/mol. The van der Waals surface area contributed by atoms with E-state index in [1.807, 2.05) is 0 Å². The molecule has 1 unspecified atom stereocenters. The highest BCUT2D eigenvalue weighted by atomic mass is 16.5. The van der Waals surface area contributed by atoms with Crippen LogP contribution in [0.5, 0.6) is 0 Å². The van der Waals surface area contributed by atoms with Crippen molar-refractivity contribution < 1.29 is 14.3 Å². The lowest BCUT2D eigenvalue weighted by Gasteiger charge is -2.18. The lowest BCUT2D eigenvalue weighted by Crippen LogP contribution is -2.40. The molecule has 1 aliphatic rings. The summed E-state index contributed by atoms with van der Waals surface area (Å²) in [5, 5.41) is 2.63. The molecule has 1 atom stereocenters. The van der Waals surface area contributed by atoms with Crippen LogP contribution in [0.3, 0.4) is 0 Å². The number of carbonyl (C=O) groups excluding carboxylic acids is 2. The molecule has 2 heterocycles. The van der Waals surface area contributed by atoms with Crippen LogP contribution in [0.25, 0.3) is 11.0 Å². The van der Waals surface area contributed by atoms with Gasteiger partial charge < -0.3 is 20.0 Å². The van der Waals surface area contributed by atoms with Crippen molar-refractivity contribution in [1.29, 1.82) is 0 Å². The van der Waals surface area contributed by atoms with Crippen molar-refractivity contribution in [3.05, 3.63) is 28.2 Å². The van der Waals surface area contributed by atoms with Gasteiger partial charge in [0.15, 0.2) is 5.41 Å². The van der Waals surface area contributed by atoms with Crippen LogP contribution in [0.15, 0.2) is 16.9 Å². The topological polar surface area (TPSA) is 104 Å². The number of H-pyrrole nitrogens is 2. The maximum atomic E-state index is 12.0. The van der Waals surface area contributed by atoms with Crippen LogP contribution < -0.4 is 11.0 Å². The first kappa shape index (κ1) is 11.5. The molecule has 2 aromatic rings. The Morgan fingerprint density at radius 3 is 2.47 bits per heavy atom. The Bertz CT molecular complexity index is 773. The van der Waals surface area contributed by atoms with E-state index in [2.05, 4.69) is 15.3 Å². The Labute approximate surface area is 107 Å². The van der Waals surface area contributed by atoms with Gasteiger partial charge in [0.1, 0.15) is 0 Å². The highest BCUT2D eigenvalue weighted by Crippen LogP contribution is 2.40. The van der Waals surface area contributed by atoms with Gasteiger partial charge in [0.2, 0.25) is 5.91 Å². The van der Waals surface area contributed by atoms with E-state index in [1.54, 1.807) is 12.1 Å². The molecular formula is C12H11N3O4. The van der Waals surface area contributed by atoms with Gasteiger partial charge in [0, 0.05) is 11.3 Å². The van der Waals surface area contributed by atoms with Crippen molar-refractivity contribution >= 4 is 28.6 Å². The molecule has 0 fully saturated rings. The Kier molecular flexibility index (Phi) is 2.10. The summed E-state index contributed by atoms with van der Waals surface area (Å²) in [4.78, 5) is 40.3. The summed E-state index contributed by atoms with van der Waals surface area (Å²) in [6, 6.07) is 3.23. The molecule has 0 aliphatic carbocycles. The predicted octanol–water partition coefficient (Wildman–Crippen LogP) is 0.239. The second-order valence-electron chi connectivity index (χ2n) is 4.59. The average molecular weight is 261 g/mol. The number of esters is 1. The summed E-state index contributed by atoms with van der Waals surface area (Å²) in [5.74, 6) is -1.08. The van der Waals surface area contributed by atoms with Crippen molar-refractivity contribution in [2.24, 2.45) is 0 Å². The van der Waals surface area contributed by atoms with Gasteiger partial charge in [-0.3, -0.25) is 9.59 Å². The van der Waals surface area contributed by atoms with Crippen LogP contribution >= 0.6 is 0 Å². The molecule has 0 saturated carbocycles. The number of carbonyl (C=O) groups is 2. The summed E-state index contributed by atoms with van der Waals surface area (Å²) in [6.45, 7) is 1.50. The SMILES string of the molecule is COC(=O)C1(C)C(=O)Nc2cc3[nH]c(=O)[nH]c3cc21. The zero-order valence-corrected chi connectivity index (χ0v) is 10.3. The fraction of sp³-hybridized carbons (Fsp3) is 0.250. The minimum Gasteiger partial charge on any atom is -0.468 e. The number of rotatable bonds is 1. The van der Waals surface area contributed by atoms with Gasteiger partial charge >= 0.3 is 11.7 Å². The van der Waals surface area contributed by atoms with Crippen LogP contribution in [0.2, 0.25) is 0 Å². The van der Waals surface area contributed by atoms with E-state index < -0.39 is 17.3 Å². The number of methoxy groups -OCH3 is 1. The minimum atomic E-state index is -1.40. The normalized spacial score (nSPS) is 21.3. The molecule has 1 aromatic heterocycles. The lowest BCUT2D eigenvalue weighted by molar-refractivity contribution is -0.150. The number of hydrogen-bond donors (Lipinski definition) is 3. The van der Waals surface area contributed by atoms with Crippen molar-refractivity contribution in [1.82, 2.24) is 9.97 Å². The molecule has 1 aliphatic heterocycles. The van der Waals surface area contributed by atoms with Crippen molar-refractivity contribution in [2.45, 2.75) is 12.3 Å². The van der Waals surface area contributed by atoms with Crippen LogP contribution in [0.1, 0.15) is 12.5 Å². The number of amides is 1. The van der Waals surface area contributed by atoms with Crippen LogP contribution in [-0.2, 0) is 19.7 Å². The molecule has 0 saturated heterocycles. The zero-order chi connectivity index (χ0) is 13.8. The molecule has 7 nitrogen and oxygen atoms in total. The first-order valence-electron chi connectivity index (χ1n) is 5.63. The van der Waals surface area contributed by atoms with Crippen molar-refractivity contribution in [2.75, 3.05) is 12.4 Å². The number of fused-ring (bicyclic) bond motifs is 2. The smallest absolute Gasteiger partial charge is 0.325 e. The van der Waals surface area contributed by atoms with Crippen molar-refractivity contribution in [3.63, 3.8) is 0 Å². The van der Waals surface area contributed by atoms with Gasteiger partial charge in [0.25, 0.3) is 0 Å². The van der Waals surface area contributed by atoms with Crippen LogP contribution in [-0.4, -0.2) is 29.0 Å². The third-order valence-electron chi connectivity index (χ3n) is 3.49. The maximum Gasteiger partial charge on any atom is 0.325 e. The highest BCUT2D eigenvalue weighted by Gasteiger charge is 2.50. The fourth-order valence-corrected chi connectivity index (χ4v) is 2.38. The third-order valence-corrected chi connectivity index (χ3v) is 3.49. The van der Waals surface area contributed by atoms with E-state index in [-0.39, 0.29) is 5.69 Å². The molecule has 98 valence electrons. The van der Waals surface area contributed by atoms with Crippen molar-refractivity contribution in [3.8, 4) is 0 Å². The van der Waals surface area contributed by atoms with Gasteiger partial charge in [-0.25, -0.2) is 4.79 Å². The summed E-state index contributed by atoms with van der Waals surface area (Å²) < 4.78 is 4.70. The Hall–Kier alpha value is -2.57. The number of ether oxygens (including phenoxy) is 1. The highest BCUT2D eigenvalue weighted by molar-refractivity contribution is 6.19. The Morgan fingerprint density at radius 2 is 1.84 bits per heavy atom. The second-order valence-corrected chi connectivity index (χ2v) is 4.59. The number of aromatic amines is 2. The van der Waals surface area contributed by atoms with E-state index in [1.165, 1.54) is 14.0 Å². The summed E-state index contributed by atoms with van der Waals surface area (Å²) in [7, 11) is 1.23. The first-order valence-corrected chi connectivity index (χ1v) is 5.63. The third kappa shape index (κ3) is 1.35. The summed E-state index contributed by atoms with van der Waals surface area (Å²) in [6.07, 6.45) is 0. The monoisotopic (exact) mass is 261 g/mol. The molecule has 1 aromatic carbocycles. The standard InChI is InChI=1S/C12H11N3O4/c1-12(10(17)19-2)5-3-7-8(15-11(18)14-7)4-6(5)13-9(12)16/h3-4H,1-2H3,(H,13,16)(H2,14,15,18). The fourth-order valence-electron chi connectivity index (χ4n) is 2.38. The quantitative estimate of drug-likeness (QED) is 0.505. The van der Waals surface area contributed by atoms with Gasteiger partial charge in [-0.2, -0.15) is 0 Å². The van der Waals surface area contributed by atoms with Crippen LogP contribution in [0.4, 0.5) is 5.69 Å². The second kappa shape index (κ2) is 3.47. The number of imidazole rings is 1. The van der Waals surface area contributed by atoms with Crippen LogP contribution in [0, 0.1) is 0 Å². The summed E-state index contributed by atoms with van der Waals surface area (Å²) >= 11 is 0. The number of aromatic nitrogens is 2. The molecule has 0 spiro atoms.